The third-order valence-electron chi connectivity index (χ3n) is 3.51. The van der Waals surface area contributed by atoms with Crippen LogP contribution in [-0.4, -0.2) is 34.5 Å². The van der Waals surface area contributed by atoms with Crippen molar-refractivity contribution in [3.05, 3.63) is 0 Å². The summed E-state index contributed by atoms with van der Waals surface area (Å²) in [5, 5.41) is 23.3. The summed E-state index contributed by atoms with van der Waals surface area (Å²) < 4.78 is 0. The van der Waals surface area contributed by atoms with E-state index in [1.54, 1.807) is 0 Å². The minimum absolute atomic E-state index is 0.172. The van der Waals surface area contributed by atoms with Crippen LogP contribution in [-0.2, 0) is 0 Å². The molecule has 3 unspecified atom stereocenters. The molecule has 0 bridgehead atoms. The molecular weight excluding hydrogens is 202 g/mol. The van der Waals surface area contributed by atoms with E-state index in [-0.39, 0.29) is 12.1 Å². The molecule has 0 aliphatic heterocycles. The molecule has 3 N–H and O–H groups in total. The molecule has 1 fully saturated rings. The average Bonchev–Trinajstić information content (AvgIpc) is 2.40. The summed E-state index contributed by atoms with van der Waals surface area (Å²) in [6.45, 7) is 4.53. The second-order valence-electron chi connectivity index (χ2n) is 5.44. The van der Waals surface area contributed by atoms with E-state index in [9.17, 15) is 10.2 Å². The van der Waals surface area contributed by atoms with Gasteiger partial charge in [0.05, 0.1) is 11.7 Å². The quantitative estimate of drug-likeness (QED) is 0.630. The molecule has 0 aromatic carbocycles. The minimum atomic E-state index is -0.638. The van der Waals surface area contributed by atoms with Gasteiger partial charge in [-0.2, -0.15) is 0 Å². The van der Waals surface area contributed by atoms with Crippen molar-refractivity contribution in [2.75, 3.05) is 6.54 Å². The molecular formula is C13H27NO2. The largest absolute Gasteiger partial charge is 0.392 e. The monoisotopic (exact) mass is 229 g/mol. The Hall–Kier alpha value is -0.120. The van der Waals surface area contributed by atoms with Crippen molar-refractivity contribution in [1.82, 2.24) is 5.32 Å². The van der Waals surface area contributed by atoms with Gasteiger partial charge in [0.2, 0.25) is 0 Å². The number of nitrogens with one attached hydrogen (secondary N) is 1. The smallest absolute Gasteiger partial charge is 0.0743 e. The van der Waals surface area contributed by atoms with E-state index in [0.29, 0.717) is 6.54 Å². The SMILES string of the molecule is CCCC(C)(O)CNC1CCCCCC1O. The molecule has 3 heteroatoms. The highest BCUT2D eigenvalue weighted by molar-refractivity contribution is 4.83. The van der Waals surface area contributed by atoms with Gasteiger partial charge in [0.1, 0.15) is 0 Å². The number of aliphatic hydroxyl groups excluding tert-OH is 1. The number of rotatable bonds is 5. The maximum absolute atomic E-state index is 10.1. The Kier molecular flexibility index (Phi) is 5.73. The lowest BCUT2D eigenvalue weighted by molar-refractivity contribution is 0.0366. The Morgan fingerprint density at radius 3 is 2.62 bits per heavy atom. The van der Waals surface area contributed by atoms with Crippen LogP contribution in [0.3, 0.4) is 0 Å². The van der Waals surface area contributed by atoms with Gasteiger partial charge in [-0.05, 0) is 26.2 Å². The van der Waals surface area contributed by atoms with Gasteiger partial charge >= 0.3 is 0 Å². The van der Waals surface area contributed by atoms with E-state index >= 15 is 0 Å². The van der Waals surface area contributed by atoms with Crippen LogP contribution in [0.1, 0.15) is 58.8 Å². The summed E-state index contributed by atoms with van der Waals surface area (Å²) >= 11 is 0. The Bertz CT molecular complexity index is 194. The summed E-state index contributed by atoms with van der Waals surface area (Å²) in [6.07, 6.45) is 7.03. The first-order valence-electron chi connectivity index (χ1n) is 6.69. The first-order valence-corrected chi connectivity index (χ1v) is 6.69. The van der Waals surface area contributed by atoms with E-state index in [1.165, 1.54) is 12.8 Å². The normalized spacial score (nSPS) is 30.8. The molecule has 1 aliphatic rings. The fraction of sp³-hybridized carbons (Fsp3) is 1.00. The predicted octanol–water partition coefficient (Wildman–Crippen LogP) is 1.82. The maximum Gasteiger partial charge on any atom is 0.0743 e. The zero-order valence-electron chi connectivity index (χ0n) is 10.7. The van der Waals surface area contributed by atoms with Gasteiger partial charge in [-0.25, -0.2) is 0 Å². The topological polar surface area (TPSA) is 52.5 Å². The van der Waals surface area contributed by atoms with Crippen LogP contribution in [0.15, 0.2) is 0 Å². The zero-order valence-corrected chi connectivity index (χ0v) is 10.7. The third kappa shape index (κ3) is 4.81. The van der Waals surface area contributed by atoms with Crippen LogP contribution in [0.5, 0.6) is 0 Å². The molecule has 1 saturated carbocycles. The standard InChI is InChI=1S/C13H27NO2/c1-3-9-13(2,16)10-14-11-7-5-4-6-8-12(11)15/h11-12,14-16H,3-10H2,1-2H3. The Labute approximate surface area is 99.3 Å². The molecule has 3 atom stereocenters. The van der Waals surface area contributed by atoms with Crippen molar-refractivity contribution in [3.63, 3.8) is 0 Å². The molecule has 1 aliphatic carbocycles. The highest BCUT2D eigenvalue weighted by atomic mass is 16.3. The van der Waals surface area contributed by atoms with E-state index in [2.05, 4.69) is 12.2 Å². The molecule has 0 amide bonds. The maximum atomic E-state index is 10.1. The molecule has 96 valence electrons. The summed E-state index contributed by atoms with van der Waals surface area (Å²) in [5.41, 5.74) is -0.638. The van der Waals surface area contributed by atoms with Crippen molar-refractivity contribution in [1.29, 1.82) is 0 Å². The van der Waals surface area contributed by atoms with Crippen molar-refractivity contribution >= 4 is 0 Å². The van der Waals surface area contributed by atoms with Crippen LogP contribution in [0.2, 0.25) is 0 Å². The van der Waals surface area contributed by atoms with Crippen LogP contribution >= 0.6 is 0 Å². The molecule has 3 nitrogen and oxygen atoms in total. The number of aliphatic hydroxyl groups is 2. The van der Waals surface area contributed by atoms with Crippen molar-refractivity contribution in [3.8, 4) is 0 Å². The molecule has 16 heavy (non-hydrogen) atoms. The van der Waals surface area contributed by atoms with Crippen LogP contribution in [0, 0.1) is 0 Å². The van der Waals surface area contributed by atoms with Gasteiger partial charge in [0.15, 0.2) is 0 Å². The summed E-state index contributed by atoms with van der Waals surface area (Å²) in [5.74, 6) is 0. The third-order valence-corrected chi connectivity index (χ3v) is 3.51. The van der Waals surface area contributed by atoms with E-state index in [4.69, 9.17) is 0 Å². The minimum Gasteiger partial charge on any atom is -0.392 e. The van der Waals surface area contributed by atoms with E-state index < -0.39 is 5.60 Å². The second-order valence-corrected chi connectivity index (χ2v) is 5.44. The lowest BCUT2D eigenvalue weighted by Gasteiger charge is -2.28. The predicted molar refractivity (Wildman–Crippen MR) is 66.4 cm³/mol. The van der Waals surface area contributed by atoms with Gasteiger partial charge in [-0.1, -0.05) is 32.6 Å². The Morgan fingerprint density at radius 2 is 1.94 bits per heavy atom. The Morgan fingerprint density at radius 1 is 1.25 bits per heavy atom. The highest BCUT2D eigenvalue weighted by Crippen LogP contribution is 2.19. The summed E-state index contributed by atoms with van der Waals surface area (Å²) in [6, 6.07) is 0.172. The first kappa shape index (κ1) is 13.9. The van der Waals surface area contributed by atoms with E-state index in [1.807, 2.05) is 6.92 Å². The number of hydrogen-bond donors (Lipinski definition) is 3. The zero-order chi connectivity index (χ0) is 12.0. The average molecular weight is 229 g/mol. The molecule has 0 heterocycles. The lowest BCUT2D eigenvalue weighted by atomic mass is 9.99. The molecule has 0 spiro atoms. The molecule has 1 rings (SSSR count). The van der Waals surface area contributed by atoms with Crippen LogP contribution < -0.4 is 5.32 Å². The fourth-order valence-electron chi connectivity index (χ4n) is 2.50. The first-order chi connectivity index (χ1) is 7.55. The van der Waals surface area contributed by atoms with E-state index in [0.717, 1.165) is 32.1 Å². The van der Waals surface area contributed by atoms with Crippen LogP contribution in [0.25, 0.3) is 0 Å². The fourth-order valence-corrected chi connectivity index (χ4v) is 2.50. The van der Waals surface area contributed by atoms with Crippen molar-refractivity contribution in [2.45, 2.75) is 76.5 Å². The van der Waals surface area contributed by atoms with Gasteiger partial charge in [-0.3, -0.25) is 0 Å². The number of hydrogen-bond acceptors (Lipinski definition) is 3. The van der Waals surface area contributed by atoms with Gasteiger partial charge < -0.3 is 15.5 Å². The Balaban J connectivity index is 2.34. The van der Waals surface area contributed by atoms with Crippen molar-refractivity contribution < 1.29 is 10.2 Å². The van der Waals surface area contributed by atoms with Gasteiger partial charge in [0, 0.05) is 12.6 Å². The summed E-state index contributed by atoms with van der Waals surface area (Å²) in [4.78, 5) is 0. The lowest BCUT2D eigenvalue weighted by Crippen LogP contribution is -2.46. The highest BCUT2D eigenvalue weighted by Gasteiger charge is 2.25. The van der Waals surface area contributed by atoms with Gasteiger partial charge in [-0.15, -0.1) is 0 Å². The summed E-state index contributed by atoms with van der Waals surface area (Å²) in [7, 11) is 0. The molecule has 0 radical (unpaired) electrons. The molecule has 0 saturated heterocycles. The molecule has 0 aromatic heterocycles. The van der Waals surface area contributed by atoms with Crippen LogP contribution in [0.4, 0.5) is 0 Å². The molecule has 0 aromatic rings. The van der Waals surface area contributed by atoms with Crippen molar-refractivity contribution in [2.24, 2.45) is 0 Å². The van der Waals surface area contributed by atoms with Gasteiger partial charge in [0.25, 0.3) is 0 Å². The second kappa shape index (κ2) is 6.58.